The largest absolute Gasteiger partial charge is 0.444 e. The first-order valence-corrected chi connectivity index (χ1v) is 12.2. The van der Waals surface area contributed by atoms with Crippen LogP contribution in [0.4, 0.5) is 16.3 Å². The fraction of sp³-hybridized carbons (Fsp3) is 0.429. The van der Waals surface area contributed by atoms with Crippen LogP contribution in [-0.2, 0) is 9.53 Å². The van der Waals surface area contributed by atoms with Gasteiger partial charge >= 0.3 is 6.09 Å². The number of hydrogen-bond acceptors (Lipinski definition) is 5. The standard InChI is InChI=1S/C28H32N4O3/c1-15-8-19-20(9-15)25(19)26(33)32-24-12-18-10-17(21-13-29-7-6-16(21)2)11-23(22(18)14-30-24)31-27(34)35-28(3,4)5/h6-7,10-15,19-20,25H,8-9H2,1-5H3,(H,31,34)(H,30,32,33)/t15?,19-,20+,25?. The summed E-state index contributed by atoms with van der Waals surface area (Å²) in [4.78, 5) is 34.2. The van der Waals surface area contributed by atoms with Crippen LogP contribution in [0.5, 0.6) is 0 Å². The van der Waals surface area contributed by atoms with Crippen LogP contribution in [0.1, 0.15) is 46.1 Å². The minimum atomic E-state index is -0.619. The van der Waals surface area contributed by atoms with E-state index in [1.54, 1.807) is 12.4 Å². The second-order valence-electron chi connectivity index (χ2n) is 11.1. The number of rotatable bonds is 4. The Kier molecular flexibility index (Phi) is 5.74. The molecule has 2 fully saturated rings. The number of carbonyl (C=O) groups excluding carboxylic acids is 2. The van der Waals surface area contributed by atoms with E-state index in [4.69, 9.17) is 4.74 Å². The predicted octanol–water partition coefficient (Wildman–Crippen LogP) is 6.18. The van der Waals surface area contributed by atoms with Crippen molar-refractivity contribution in [1.29, 1.82) is 0 Å². The zero-order chi connectivity index (χ0) is 24.9. The second kappa shape index (κ2) is 8.63. The molecule has 2 heterocycles. The summed E-state index contributed by atoms with van der Waals surface area (Å²) in [6.07, 6.45) is 7.00. The lowest BCUT2D eigenvalue weighted by Crippen LogP contribution is -2.27. The number of aromatic nitrogens is 2. The summed E-state index contributed by atoms with van der Waals surface area (Å²) in [6, 6.07) is 7.75. The normalized spacial score (nSPS) is 23.0. The van der Waals surface area contributed by atoms with Gasteiger partial charge in [-0.2, -0.15) is 0 Å². The molecule has 2 amide bonds. The average molecular weight is 473 g/mol. The topological polar surface area (TPSA) is 93.2 Å². The van der Waals surface area contributed by atoms with Gasteiger partial charge in [0.2, 0.25) is 5.91 Å². The molecule has 2 aromatic heterocycles. The van der Waals surface area contributed by atoms with Crippen molar-refractivity contribution in [3.05, 3.63) is 48.4 Å². The van der Waals surface area contributed by atoms with E-state index >= 15 is 0 Å². The summed E-state index contributed by atoms with van der Waals surface area (Å²) in [5, 5.41) is 7.52. The molecule has 2 unspecified atom stereocenters. The molecule has 0 radical (unpaired) electrons. The second-order valence-corrected chi connectivity index (χ2v) is 11.1. The molecule has 2 aliphatic rings. The van der Waals surface area contributed by atoms with E-state index < -0.39 is 11.7 Å². The molecule has 2 aliphatic carbocycles. The van der Waals surface area contributed by atoms with Crippen molar-refractivity contribution in [3.63, 3.8) is 0 Å². The first-order chi connectivity index (χ1) is 16.6. The number of hydrogen-bond donors (Lipinski definition) is 2. The maximum atomic E-state index is 12.9. The molecule has 2 saturated carbocycles. The quantitative estimate of drug-likeness (QED) is 0.473. The highest BCUT2D eigenvalue weighted by atomic mass is 16.6. The summed E-state index contributed by atoms with van der Waals surface area (Å²) < 4.78 is 5.47. The molecule has 5 rings (SSSR count). The summed E-state index contributed by atoms with van der Waals surface area (Å²) in [6.45, 7) is 9.76. The molecule has 182 valence electrons. The first kappa shape index (κ1) is 23.3. The van der Waals surface area contributed by atoms with Crippen molar-refractivity contribution in [1.82, 2.24) is 9.97 Å². The Morgan fingerprint density at radius 2 is 1.80 bits per heavy atom. The van der Waals surface area contributed by atoms with Gasteiger partial charge in [-0.05, 0) is 99.1 Å². The third-order valence-electron chi connectivity index (χ3n) is 7.06. The molecule has 0 bridgehead atoms. The van der Waals surface area contributed by atoms with Gasteiger partial charge in [-0.1, -0.05) is 6.92 Å². The molecule has 1 aromatic carbocycles. The van der Waals surface area contributed by atoms with Crippen molar-refractivity contribution < 1.29 is 14.3 Å². The summed E-state index contributed by atoms with van der Waals surface area (Å²) in [5.41, 5.74) is 2.91. The van der Waals surface area contributed by atoms with Gasteiger partial charge in [-0.15, -0.1) is 0 Å². The summed E-state index contributed by atoms with van der Waals surface area (Å²) in [5.74, 6) is 2.45. The van der Waals surface area contributed by atoms with Crippen LogP contribution >= 0.6 is 0 Å². The number of pyridine rings is 2. The molecule has 4 atom stereocenters. The molecule has 0 spiro atoms. The van der Waals surface area contributed by atoms with Crippen molar-refractivity contribution in [2.24, 2.45) is 23.7 Å². The molecule has 35 heavy (non-hydrogen) atoms. The number of amides is 2. The molecular formula is C28H32N4O3. The maximum Gasteiger partial charge on any atom is 0.412 e. The SMILES string of the molecule is Cc1ccncc1-c1cc(NC(=O)OC(C)(C)C)c2cnc(NC(=O)C3[C@H]4CC(C)C[C@@H]34)cc2c1. The van der Waals surface area contributed by atoms with E-state index in [1.807, 2.05) is 58.2 Å². The van der Waals surface area contributed by atoms with Gasteiger partial charge in [0.25, 0.3) is 0 Å². The maximum absolute atomic E-state index is 12.9. The van der Waals surface area contributed by atoms with Crippen LogP contribution in [-0.4, -0.2) is 27.6 Å². The zero-order valence-corrected chi connectivity index (χ0v) is 20.9. The Labute approximate surface area is 205 Å². The van der Waals surface area contributed by atoms with Crippen molar-refractivity contribution >= 4 is 34.3 Å². The van der Waals surface area contributed by atoms with Gasteiger partial charge in [0.05, 0.1) is 5.69 Å². The van der Waals surface area contributed by atoms with E-state index in [1.165, 1.54) is 0 Å². The lowest BCUT2D eigenvalue weighted by molar-refractivity contribution is -0.118. The highest BCUT2D eigenvalue weighted by molar-refractivity contribution is 6.04. The Morgan fingerprint density at radius 1 is 1.06 bits per heavy atom. The van der Waals surface area contributed by atoms with E-state index in [2.05, 4.69) is 27.5 Å². The lowest BCUT2D eigenvalue weighted by Gasteiger charge is -2.20. The fourth-order valence-corrected chi connectivity index (χ4v) is 5.48. The number of fused-ring (bicyclic) bond motifs is 2. The molecular weight excluding hydrogens is 440 g/mol. The molecule has 7 nitrogen and oxygen atoms in total. The van der Waals surface area contributed by atoms with Gasteiger partial charge in [0.15, 0.2) is 0 Å². The third-order valence-corrected chi connectivity index (χ3v) is 7.06. The zero-order valence-electron chi connectivity index (χ0n) is 20.9. The van der Waals surface area contributed by atoms with Gasteiger partial charge in [0.1, 0.15) is 11.4 Å². The third kappa shape index (κ3) is 4.85. The van der Waals surface area contributed by atoms with E-state index in [-0.39, 0.29) is 11.8 Å². The minimum absolute atomic E-state index is 0.0603. The number of anilines is 2. The molecule has 2 N–H and O–H groups in total. The van der Waals surface area contributed by atoms with Gasteiger partial charge < -0.3 is 10.1 Å². The monoisotopic (exact) mass is 472 g/mol. The van der Waals surface area contributed by atoms with Crippen molar-refractivity contribution in [2.75, 3.05) is 10.6 Å². The van der Waals surface area contributed by atoms with E-state index in [9.17, 15) is 9.59 Å². The number of nitrogens with one attached hydrogen (secondary N) is 2. The van der Waals surface area contributed by atoms with Gasteiger partial charge in [-0.25, -0.2) is 9.78 Å². The van der Waals surface area contributed by atoms with Crippen LogP contribution in [0.3, 0.4) is 0 Å². The molecule has 0 aliphatic heterocycles. The van der Waals surface area contributed by atoms with E-state index in [0.29, 0.717) is 23.3 Å². The Hall–Kier alpha value is -3.48. The smallest absolute Gasteiger partial charge is 0.412 e. The minimum Gasteiger partial charge on any atom is -0.444 e. The summed E-state index contributed by atoms with van der Waals surface area (Å²) >= 11 is 0. The number of aryl methyl sites for hydroxylation is 1. The van der Waals surface area contributed by atoms with E-state index in [0.717, 1.165) is 46.2 Å². The van der Waals surface area contributed by atoms with Crippen LogP contribution in [0.25, 0.3) is 21.9 Å². The van der Waals surface area contributed by atoms with Crippen LogP contribution in [0.2, 0.25) is 0 Å². The molecule has 7 heteroatoms. The Bertz CT molecular complexity index is 1300. The number of benzene rings is 1. The predicted molar refractivity (Wildman–Crippen MR) is 137 cm³/mol. The first-order valence-electron chi connectivity index (χ1n) is 12.2. The van der Waals surface area contributed by atoms with Crippen LogP contribution in [0, 0.1) is 30.6 Å². The van der Waals surface area contributed by atoms with Crippen molar-refractivity contribution in [3.8, 4) is 11.1 Å². The molecule has 0 saturated heterocycles. The highest BCUT2D eigenvalue weighted by Gasteiger charge is 2.58. The lowest BCUT2D eigenvalue weighted by atomic mass is 9.99. The number of nitrogens with zero attached hydrogens (tertiary/aromatic N) is 2. The fourth-order valence-electron chi connectivity index (χ4n) is 5.48. The molecule has 3 aromatic rings. The van der Waals surface area contributed by atoms with Gasteiger partial charge in [0, 0.05) is 35.5 Å². The van der Waals surface area contributed by atoms with Crippen molar-refractivity contribution in [2.45, 2.75) is 53.1 Å². The number of carbonyl (C=O) groups is 2. The number of ether oxygens (including phenoxy) is 1. The summed E-state index contributed by atoms with van der Waals surface area (Å²) in [7, 11) is 0. The van der Waals surface area contributed by atoms with Crippen LogP contribution in [0.15, 0.2) is 42.9 Å². The van der Waals surface area contributed by atoms with Crippen LogP contribution < -0.4 is 10.6 Å². The Balaban J connectivity index is 1.47. The Morgan fingerprint density at radius 3 is 2.49 bits per heavy atom. The van der Waals surface area contributed by atoms with Gasteiger partial charge in [-0.3, -0.25) is 15.1 Å². The average Bonchev–Trinajstić information content (AvgIpc) is 3.29. The highest BCUT2D eigenvalue weighted by Crippen LogP contribution is 2.59.